The Bertz CT molecular complexity index is 3600. The topological polar surface area (TPSA) is 326 Å². The van der Waals surface area contributed by atoms with Gasteiger partial charge in [-0.2, -0.15) is 8.78 Å². The molecule has 8 N–H and O–H groups in total. The van der Waals surface area contributed by atoms with Crippen molar-refractivity contribution in [2.24, 2.45) is 5.73 Å². The van der Waals surface area contributed by atoms with Gasteiger partial charge in [0, 0.05) is 73.9 Å². The lowest BCUT2D eigenvalue weighted by atomic mass is 9.98. The molecular formula is C60H62F2N9O14P. The van der Waals surface area contributed by atoms with Crippen LogP contribution in [0.1, 0.15) is 131 Å². The number of alkyl halides is 2. The summed E-state index contributed by atoms with van der Waals surface area (Å²) in [5, 5.41) is 10.3. The molecule has 1 aromatic heterocycles. The number of carbonyl (C=O) groups excluding carboxylic acids is 10. The highest BCUT2D eigenvalue weighted by Gasteiger charge is 2.51. The summed E-state index contributed by atoms with van der Waals surface area (Å²) in [6, 6.07) is 19.8. The van der Waals surface area contributed by atoms with Gasteiger partial charge in [0.15, 0.2) is 0 Å². The quantitative estimate of drug-likeness (QED) is 0.0276. The number of unbranched alkanes of at least 4 members (excludes halogenated alkanes) is 3. The molecule has 2 unspecified atom stereocenters. The van der Waals surface area contributed by atoms with Crippen LogP contribution in [-0.4, -0.2) is 138 Å². The standard InChI is InChI=1S/C60H62F2N9O14P/c1-35(72)70-46-24-22-40(60(61,62)86(82,83)84)30-39(46)31-49(70)56(78)64-44-33-68(51(74)21-12-4-2-3-7-14-36-19-13-20-42-43(36)32-69(57(42)79)47-26-27-50(73)66-54(47)76)29-28-41-23-25-48(71(41)58(44)80)55(77)65-45(34-85-59(63)81)53(75)67-52(37-15-8-5-9-16-37)38-17-10-6-11-18-38/h5-6,8-11,13,15-20,22,24,30-31,41,44-45,47-48,52H,2-4,12,21,23,25-29,32-34H2,1H3,(H2,63,81)(H,64,78)(H,65,77)(H,67,75)(H,66,73,76)(H2,82,83,84)/t41-,44+,45?,47?,48+/m1/s1. The number of amides is 9. The van der Waals surface area contributed by atoms with Crippen molar-refractivity contribution in [3.63, 3.8) is 0 Å². The molecular weight excluding hydrogens is 1140 g/mol. The van der Waals surface area contributed by atoms with E-state index in [1.165, 1.54) is 14.7 Å². The maximum absolute atomic E-state index is 15.2. The molecule has 86 heavy (non-hydrogen) atoms. The van der Waals surface area contributed by atoms with Crippen LogP contribution in [0.3, 0.4) is 0 Å². The average molecular weight is 1200 g/mol. The first kappa shape index (κ1) is 61.5. The van der Waals surface area contributed by atoms with Gasteiger partial charge < -0.3 is 50.9 Å². The second-order valence-corrected chi connectivity index (χ2v) is 23.1. The van der Waals surface area contributed by atoms with Gasteiger partial charge in [0.25, 0.3) is 11.8 Å². The van der Waals surface area contributed by atoms with Gasteiger partial charge in [-0.15, -0.1) is 0 Å². The number of nitrogens with two attached hydrogens (primary N) is 1. The summed E-state index contributed by atoms with van der Waals surface area (Å²) in [5.74, 6) is 0.370. The molecule has 3 fully saturated rings. The Morgan fingerprint density at radius 2 is 1.57 bits per heavy atom. The smallest absolute Gasteiger partial charge is 0.404 e. The number of nitrogens with one attached hydrogen (secondary N) is 4. The zero-order valence-corrected chi connectivity index (χ0v) is 47.4. The maximum Gasteiger partial charge on any atom is 0.404 e. The second kappa shape index (κ2) is 26.0. The van der Waals surface area contributed by atoms with E-state index in [1.54, 1.807) is 78.9 Å². The fraction of sp³-hybridized carbons (Fsp3) is 0.367. The minimum absolute atomic E-state index is 0.0125. The summed E-state index contributed by atoms with van der Waals surface area (Å²) in [7, 11) is -6.04. The highest BCUT2D eigenvalue weighted by Crippen LogP contribution is 2.59. The number of nitrogens with zero attached hydrogens (tertiary/aromatic N) is 4. The average Bonchev–Trinajstić information content (AvgIpc) is 1.77. The fourth-order valence-electron chi connectivity index (χ4n) is 11.5. The number of ether oxygens (including phenoxy) is 1. The molecule has 23 nitrogen and oxygen atoms in total. The number of hydrogen-bond acceptors (Lipinski definition) is 12. The SMILES string of the molecule is CC(=O)n1c(C(=O)N[C@H]2CN(C(=O)CCCCCC#Cc3cccc4c3CN(C3CCC(=O)NC3=O)C4=O)CC[C@H]3CC[C@@H](C(=O)NC(COC(N)=O)C(=O)NC(c4ccccc4)c4ccccc4)N3C2=O)cc2cc(C(F)(F)P(=O)(O)O)ccc21. The largest absolute Gasteiger partial charge is 0.447 e. The predicted molar refractivity (Wildman–Crippen MR) is 303 cm³/mol. The minimum Gasteiger partial charge on any atom is -0.447 e. The Morgan fingerprint density at radius 3 is 2.23 bits per heavy atom. The van der Waals surface area contributed by atoms with Crippen LogP contribution in [0.25, 0.3) is 10.9 Å². The maximum atomic E-state index is 15.2. The van der Waals surface area contributed by atoms with Gasteiger partial charge in [0.05, 0.1) is 11.6 Å². The highest BCUT2D eigenvalue weighted by molar-refractivity contribution is 7.52. The van der Waals surface area contributed by atoms with E-state index in [0.29, 0.717) is 59.6 Å². The molecule has 4 aliphatic heterocycles. The van der Waals surface area contributed by atoms with Crippen LogP contribution in [0.15, 0.2) is 103 Å². The van der Waals surface area contributed by atoms with E-state index in [-0.39, 0.29) is 80.2 Å². The fourth-order valence-corrected chi connectivity index (χ4v) is 11.9. The first-order chi connectivity index (χ1) is 41.0. The van der Waals surface area contributed by atoms with E-state index < -0.39 is 115 Å². The summed E-state index contributed by atoms with van der Waals surface area (Å²) in [6.07, 6.45) is 1.53. The third-order valence-corrected chi connectivity index (χ3v) is 16.8. The molecule has 9 rings (SSSR count). The number of fused-ring (bicyclic) bond motifs is 3. The van der Waals surface area contributed by atoms with Gasteiger partial charge in [-0.25, -0.2) is 4.79 Å². The van der Waals surface area contributed by atoms with Crippen molar-refractivity contribution in [2.45, 2.75) is 120 Å². The zero-order valence-electron chi connectivity index (χ0n) is 46.5. The van der Waals surface area contributed by atoms with E-state index in [4.69, 9.17) is 10.5 Å². The first-order valence-corrected chi connectivity index (χ1v) is 29.5. The monoisotopic (exact) mass is 1200 g/mol. The summed E-state index contributed by atoms with van der Waals surface area (Å²) in [5.41, 5.74) is 2.13. The highest BCUT2D eigenvalue weighted by atomic mass is 31.2. The van der Waals surface area contributed by atoms with Gasteiger partial charge in [-0.05, 0) is 85.5 Å². The number of imide groups is 1. The van der Waals surface area contributed by atoms with Crippen molar-refractivity contribution >= 4 is 77.8 Å². The van der Waals surface area contributed by atoms with E-state index in [2.05, 4.69) is 33.1 Å². The number of aromatic nitrogens is 1. The van der Waals surface area contributed by atoms with E-state index in [1.807, 2.05) is 0 Å². The van der Waals surface area contributed by atoms with Gasteiger partial charge >= 0.3 is 19.4 Å². The number of carbonyl (C=O) groups is 10. The van der Waals surface area contributed by atoms with E-state index >= 15 is 4.79 Å². The zero-order chi connectivity index (χ0) is 61.6. The number of rotatable bonds is 18. The molecule has 5 aromatic rings. The van der Waals surface area contributed by atoms with E-state index in [0.717, 1.165) is 29.7 Å². The molecule has 0 bridgehead atoms. The summed E-state index contributed by atoms with van der Waals surface area (Å²) in [6.45, 7) is 0.144. The van der Waals surface area contributed by atoms with Gasteiger partial charge in [0.2, 0.25) is 41.4 Å². The van der Waals surface area contributed by atoms with Gasteiger partial charge in [0.1, 0.15) is 36.5 Å². The normalized spacial score (nSPS) is 19.1. The minimum atomic E-state index is -6.04. The van der Waals surface area contributed by atoms with Crippen molar-refractivity contribution in [1.29, 1.82) is 0 Å². The summed E-state index contributed by atoms with van der Waals surface area (Å²) < 4.78 is 47.5. The molecule has 0 saturated carbocycles. The van der Waals surface area contributed by atoms with Crippen LogP contribution >= 0.6 is 7.60 Å². The molecule has 5 atom stereocenters. The van der Waals surface area contributed by atoms with Crippen LogP contribution in [0.5, 0.6) is 0 Å². The Balaban J connectivity index is 0.918. The molecule has 0 spiro atoms. The number of primary amides is 1. The Hall–Kier alpha value is -9.11. The molecule has 26 heteroatoms. The Morgan fingerprint density at radius 1 is 0.860 bits per heavy atom. The number of piperidine rings is 1. The summed E-state index contributed by atoms with van der Waals surface area (Å²) >= 11 is 0. The molecule has 0 aliphatic carbocycles. The number of hydrogen-bond donors (Lipinski definition) is 7. The second-order valence-electron chi connectivity index (χ2n) is 21.4. The molecule has 9 amide bonds. The summed E-state index contributed by atoms with van der Waals surface area (Å²) in [4.78, 5) is 158. The van der Waals surface area contributed by atoms with Crippen LogP contribution in [0, 0.1) is 11.8 Å². The molecule has 0 radical (unpaired) electrons. The van der Waals surface area contributed by atoms with Crippen LogP contribution in [0.4, 0.5) is 13.6 Å². The Labute approximate surface area is 491 Å². The Kier molecular flexibility index (Phi) is 18.6. The van der Waals surface area contributed by atoms with E-state index in [9.17, 15) is 66.3 Å². The predicted octanol–water partition coefficient (Wildman–Crippen LogP) is 4.47. The van der Waals surface area contributed by atoms with Crippen molar-refractivity contribution in [2.75, 3.05) is 19.7 Å². The molecule has 4 aromatic carbocycles. The van der Waals surface area contributed by atoms with Crippen LogP contribution in [0.2, 0.25) is 0 Å². The first-order valence-electron chi connectivity index (χ1n) is 27.9. The van der Waals surface area contributed by atoms with Crippen LogP contribution < -0.4 is 27.0 Å². The van der Waals surface area contributed by atoms with Gasteiger partial charge in [-0.1, -0.05) is 91.1 Å². The van der Waals surface area contributed by atoms with Gasteiger partial charge in [-0.3, -0.25) is 57.6 Å². The molecule has 450 valence electrons. The molecule has 5 heterocycles. The lowest BCUT2D eigenvalue weighted by Gasteiger charge is -2.39. The lowest BCUT2D eigenvalue weighted by molar-refractivity contribution is -0.146. The van der Waals surface area contributed by atoms with Crippen molar-refractivity contribution in [3.8, 4) is 11.8 Å². The third-order valence-electron chi connectivity index (χ3n) is 15.8. The molecule has 4 aliphatic rings. The van der Waals surface area contributed by atoms with Crippen LogP contribution in [-0.2, 0) is 50.3 Å². The number of benzene rings is 4. The van der Waals surface area contributed by atoms with Crippen molar-refractivity contribution in [3.05, 3.63) is 142 Å². The lowest BCUT2D eigenvalue weighted by Crippen LogP contribution is -2.62. The third kappa shape index (κ3) is 13.4. The molecule has 3 saturated heterocycles. The van der Waals surface area contributed by atoms with Crippen molar-refractivity contribution < 1.29 is 75.8 Å². The van der Waals surface area contributed by atoms with Crippen molar-refractivity contribution in [1.82, 2.24) is 40.5 Å². The number of halogens is 2.